The van der Waals surface area contributed by atoms with Crippen molar-refractivity contribution in [3.8, 4) is 0 Å². The molecule has 6 heterocycles. The average molecular weight is 506 g/mol. The van der Waals surface area contributed by atoms with Crippen molar-refractivity contribution >= 4 is 12.1 Å². The number of ether oxygens (including phenoxy) is 2. The van der Waals surface area contributed by atoms with Gasteiger partial charge in [-0.1, -0.05) is 20.8 Å². The summed E-state index contributed by atoms with van der Waals surface area (Å²) in [5.41, 5.74) is 0.0747. The van der Waals surface area contributed by atoms with Gasteiger partial charge in [0, 0.05) is 84.3 Å². The van der Waals surface area contributed by atoms with Crippen LogP contribution in [-0.4, -0.2) is 122 Å². The largest absolute Gasteiger partial charge is 0.464 e. The SMILES string of the molecule is CC1(C)CC(NC(=O)OC2CCN3CCN2CC3)CC(C)(CCC(=O)OCC2CN3CCN2CC3)C1. The Morgan fingerprint density at radius 3 is 2.28 bits per heavy atom. The molecule has 4 bridgehead atoms. The monoisotopic (exact) mass is 505 g/mol. The third-order valence-electron chi connectivity index (χ3n) is 9.28. The minimum absolute atomic E-state index is 0.0183. The topological polar surface area (TPSA) is 77.6 Å². The van der Waals surface area contributed by atoms with Crippen LogP contribution >= 0.6 is 0 Å². The minimum atomic E-state index is -0.294. The van der Waals surface area contributed by atoms with Crippen LogP contribution < -0.4 is 5.32 Å². The van der Waals surface area contributed by atoms with E-state index in [0.717, 1.165) is 97.6 Å². The zero-order valence-corrected chi connectivity index (χ0v) is 22.7. The Kier molecular flexibility index (Phi) is 7.82. The first kappa shape index (κ1) is 26.2. The lowest BCUT2D eigenvalue weighted by Crippen LogP contribution is -2.62. The third kappa shape index (κ3) is 6.52. The Hall–Kier alpha value is -1.42. The van der Waals surface area contributed by atoms with Gasteiger partial charge < -0.3 is 19.7 Å². The van der Waals surface area contributed by atoms with Crippen LogP contribution in [0.2, 0.25) is 0 Å². The Bertz CT molecular complexity index is 793. The van der Waals surface area contributed by atoms with Crippen LogP contribution in [0.5, 0.6) is 0 Å². The molecular weight excluding hydrogens is 458 g/mol. The summed E-state index contributed by atoms with van der Waals surface area (Å²) in [7, 11) is 0. The van der Waals surface area contributed by atoms with E-state index in [0.29, 0.717) is 19.1 Å². The molecule has 4 unspecified atom stereocenters. The number of hydrogen-bond acceptors (Lipinski definition) is 8. The molecule has 7 aliphatic rings. The normalized spacial score (nSPS) is 41.4. The van der Waals surface area contributed by atoms with Gasteiger partial charge in [-0.2, -0.15) is 0 Å². The molecule has 0 spiro atoms. The molecule has 1 amide bonds. The number of amides is 1. The highest BCUT2D eigenvalue weighted by Crippen LogP contribution is 2.48. The second-order valence-corrected chi connectivity index (χ2v) is 13.1. The molecule has 1 saturated carbocycles. The molecule has 9 nitrogen and oxygen atoms in total. The molecule has 6 saturated heterocycles. The number of nitrogens with zero attached hydrogens (tertiary/aromatic N) is 4. The van der Waals surface area contributed by atoms with Crippen LogP contribution in [0.3, 0.4) is 0 Å². The number of hydrogen-bond donors (Lipinski definition) is 1. The molecule has 1 N–H and O–H groups in total. The van der Waals surface area contributed by atoms with Gasteiger partial charge >= 0.3 is 12.1 Å². The Morgan fingerprint density at radius 2 is 1.58 bits per heavy atom. The molecule has 1 aliphatic carbocycles. The average Bonchev–Trinajstić information content (AvgIpc) is 3.14. The lowest BCUT2D eigenvalue weighted by Gasteiger charge is -2.47. The van der Waals surface area contributed by atoms with Crippen LogP contribution in [0.15, 0.2) is 0 Å². The molecule has 6 aliphatic heterocycles. The summed E-state index contributed by atoms with van der Waals surface area (Å²) in [4.78, 5) is 35.2. The van der Waals surface area contributed by atoms with Gasteiger partial charge in [-0.3, -0.25) is 19.5 Å². The Balaban J connectivity index is 1.09. The van der Waals surface area contributed by atoms with E-state index in [1.807, 2.05) is 0 Å². The number of carbonyl (C=O) groups excluding carboxylic acids is 2. The van der Waals surface area contributed by atoms with Crippen LogP contribution in [-0.2, 0) is 14.3 Å². The third-order valence-corrected chi connectivity index (χ3v) is 9.28. The fourth-order valence-electron chi connectivity index (χ4n) is 7.68. The fourth-order valence-corrected chi connectivity index (χ4v) is 7.68. The van der Waals surface area contributed by atoms with E-state index < -0.39 is 0 Å². The van der Waals surface area contributed by atoms with Gasteiger partial charge in [0.1, 0.15) is 6.61 Å². The maximum absolute atomic E-state index is 12.9. The molecule has 0 aromatic heterocycles. The number of nitrogens with one attached hydrogen (secondary N) is 1. The van der Waals surface area contributed by atoms with Crippen molar-refractivity contribution in [2.24, 2.45) is 10.8 Å². The summed E-state index contributed by atoms with van der Waals surface area (Å²) in [6.45, 7) is 17.9. The van der Waals surface area contributed by atoms with E-state index in [-0.39, 0.29) is 35.2 Å². The van der Waals surface area contributed by atoms with Crippen LogP contribution in [0.1, 0.15) is 59.3 Å². The highest BCUT2D eigenvalue weighted by molar-refractivity contribution is 5.69. The van der Waals surface area contributed by atoms with Crippen molar-refractivity contribution in [2.45, 2.75) is 77.6 Å². The summed E-state index contributed by atoms with van der Waals surface area (Å²) in [6.07, 6.45) is 4.52. The zero-order chi connectivity index (χ0) is 25.3. The molecular formula is C27H47N5O4. The standard InChI is InChI=1S/C27H47N5O4/c1-26(2)16-21(28-25(34)36-23-5-7-29-8-14-32(23)15-9-29)17-27(3,20-26)6-4-24(33)35-19-22-18-30-10-12-31(22)13-11-30/h21-23H,4-20H2,1-3H3,(H,28,34). The lowest BCUT2D eigenvalue weighted by atomic mass is 9.61. The van der Waals surface area contributed by atoms with Crippen LogP contribution in [0.4, 0.5) is 4.79 Å². The first-order valence-corrected chi connectivity index (χ1v) is 14.2. The van der Waals surface area contributed by atoms with Crippen molar-refractivity contribution in [3.05, 3.63) is 0 Å². The second kappa shape index (κ2) is 10.8. The van der Waals surface area contributed by atoms with Gasteiger partial charge in [0.25, 0.3) is 0 Å². The number of esters is 1. The summed E-state index contributed by atoms with van der Waals surface area (Å²) in [6, 6.07) is 0.403. The molecule has 7 fully saturated rings. The first-order valence-electron chi connectivity index (χ1n) is 14.2. The Labute approximate surface area is 216 Å². The summed E-state index contributed by atoms with van der Waals surface area (Å²) >= 11 is 0. The smallest absolute Gasteiger partial charge is 0.408 e. The van der Waals surface area contributed by atoms with E-state index >= 15 is 0 Å². The maximum atomic E-state index is 12.9. The van der Waals surface area contributed by atoms with Gasteiger partial charge in [-0.15, -0.1) is 0 Å². The molecule has 36 heavy (non-hydrogen) atoms. The fraction of sp³-hybridized carbons (Fsp3) is 0.926. The zero-order valence-electron chi connectivity index (χ0n) is 22.7. The predicted octanol–water partition coefficient (Wildman–Crippen LogP) is 1.97. The van der Waals surface area contributed by atoms with Gasteiger partial charge in [0.15, 0.2) is 6.23 Å². The van der Waals surface area contributed by atoms with Gasteiger partial charge in [-0.25, -0.2) is 4.79 Å². The number of piperazine rings is 4. The van der Waals surface area contributed by atoms with Gasteiger partial charge in [0.2, 0.25) is 0 Å². The van der Waals surface area contributed by atoms with E-state index in [9.17, 15) is 9.59 Å². The van der Waals surface area contributed by atoms with Crippen LogP contribution in [0.25, 0.3) is 0 Å². The van der Waals surface area contributed by atoms with Crippen molar-refractivity contribution < 1.29 is 19.1 Å². The van der Waals surface area contributed by atoms with E-state index in [1.54, 1.807) is 0 Å². The number of fused-ring (bicyclic) bond motifs is 7. The maximum Gasteiger partial charge on any atom is 0.408 e. The summed E-state index contributed by atoms with van der Waals surface area (Å²) < 4.78 is 11.6. The summed E-state index contributed by atoms with van der Waals surface area (Å²) in [5, 5.41) is 3.20. The molecule has 4 atom stereocenters. The number of alkyl carbamates (subject to hydrolysis) is 1. The number of rotatable bonds is 7. The molecule has 0 radical (unpaired) electrons. The lowest BCUT2D eigenvalue weighted by molar-refractivity contribution is -0.148. The molecule has 204 valence electrons. The molecule has 7 rings (SSSR count). The minimum Gasteiger partial charge on any atom is -0.464 e. The van der Waals surface area contributed by atoms with Crippen LogP contribution in [0, 0.1) is 10.8 Å². The number of carbonyl (C=O) groups is 2. The summed E-state index contributed by atoms with van der Waals surface area (Å²) in [5.74, 6) is -0.0887. The van der Waals surface area contributed by atoms with Gasteiger partial charge in [0.05, 0.1) is 6.04 Å². The van der Waals surface area contributed by atoms with E-state index in [2.05, 4.69) is 45.7 Å². The van der Waals surface area contributed by atoms with Crippen molar-refractivity contribution in [1.82, 2.24) is 24.9 Å². The van der Waals surface area contributed by atoms with E-state index in [1.165, 1.54) is 0 Å². The highest BCUT2D eigenvalue weighted by Gasteiger charge is 2.42. The molecule has 9 heteroatoms. The molecule has 0 aromatic rings. The highest BCUT2D eigenvalue weighted by atomic mass is 16.6. The first-order chi connectivity index (χ1) is 17.2. The van der Waals surface area contributed by atoms with Gasteiger partial charge in [-0.05, 0) is 36.5 Å². The quantitative estimate of drug-likeness (QED) is 0.527. The Morgan fingerprint density at radius 1 is 0.889 bits per heavy atom. The van der Waals surface area contributed by atoms with E-state index in [4.69, 9.17) is 9.47 Å². The van der Waals surface area contributed by atoms with Crippen molar-refractivity contribution in [1.29, 1.82) is 0 Å². The van der Waals surface area contributed by atoms with Crippen molar-refractivity contribution in [3.63, 3.8) is 0 Å². The predicted molar refractivity (Wildman–Crippen MR) is 138 cm³/mol. The van der Waals surface area contributed by atoms with Crippen molar-refractivity contribution in [2.75, 3.05) is 72.1 Å². The second-order valence-electron chi connectivity index (χ2n) is 13.1. The molecule has 0 aromatic carbocycles.